The molecule has 2 aromatic carbocycles. The first-order valence-corrected chi connectivity index (χ1v) is 11.0. The van der Waals surface area contributed by atoms with Crippen molar-refractivity contribution in [2.45, 2.75) is 37.3 Å². The molecule has 4 rings (SSSR count). The molecule has 0 bridgehead atoms. The van der Waals surface area contributed by atoms with Crippen molar-refractivity contribution in [3.05, 3.63) is 59.7 Å². The molecule has 174 valence electrons. The third-order valence-corrected chi connectivity index (χ3v) is 6.71. The van der Waals surface area contributed by atoms with Crippen molar-refractivity contribution in [1.29, 1.82) is 0 Å². The smallest absolute Gasteiger partial charge is 0.407 e. The summed E-state index contributed by atoms with van der Waals surface area (Å²) in [7, 11) is 1.37. The number of amides is 2. The number of carbonyl (C=O) groups excluding carboxylic acids is 2. The Morgan fingerprint density at radius 3 is 2.12 bits per heavy atom. The van der Waals surface area contributed by atoms with Crippen LogP contribution < -0.4 is 5.32 Å². The maximum Gasteiger partial charge on any atom is 0.407 e. The van der Waals surface area contributed by atoms with E-state index in [0.717, 1.165) is 22.3 Å². The Morgan fingerprint density at radius 1 is 1.06 bits per heavy atom. The quantitative estimate of drug-likeness (QED) is 0.698. The Kier molecular flexibility index (Phi) is 6.37. The molecule has 1 heterocycles. The van der Waals surface area contributed by atoms with Crippen molar-refractivity contribution in [1.82, 2.24) is 10.2 Å². The standard InChI is InChI=1S/C25H28N2O6/c1-16(22(28)27-13-11-25(32-2,12-14-27)23(29)30)26-24(31)33-15-21-19-9-5-3-7-17(19)18-8-4-6-10-20(18)21/h3-10,16,21H,11-15H2,1-2H3,(H,26,31)(H,29,30). The van der Waals surface area contributed by atoms with Gasteiger partial charge in [0.2, 0.25) is 5.91 Å². The van der Waals surface area contributed by atoms with Gasteiger partial charge in [-0.2, -0.15) is 0 Å². The Morgan fingerprint density at radius 2 is 1.61 bits per heavy atom. The number of nitrogens with one attached hydrogen (secondary N) is 1. The minimum Gasteiger partial charge on any atom is -0.479 e. The van der Waals surface area contributed by atoms with E-state index in [1.807, 2.05) is 36.4 Å². The summed E-state index contributed by atoms with van der Waals surface area (Å²) in [6, 6.07) is 15.4. The van der Waals surface area contributed by atoms with Crippen molar-refractivity contribution >= 4 is 18.0 Å². The molecule has 0 saturated carbocycles. The number of alkyl carbamates (subject to hydrolysis) is 1. The molecule has 1 atom stereocenters. The molecule has 8 nitrogen and oxygen atoms in total. The zero-order valence-corrected chi connectivity index (χ0v) is 18.7. The van der Waals surface area contributed by atoms with Crippen LogP contribution in [0.5, 0.6) is 0 Å². The van der Waals surface area contributed by atoms with Gasteiger partial charge in [0.1, 0.15) is 12.6 Å². The third kappa shape index (κ3) is 4.30. The van der Waals surface area contributed by atoms with Crippen LogP contribution in [0.3, 0.4) is 0 Å². The van der Waals surface area contributed by atoms with Gasteiger partial charge in [-0.15, -0.1) is 0 Å². The minimum atomic E-state index is -1.26. The number of rotatable bonds is 6. The van der Waals surface area contributed by atoms with E-state index < -0.39 is 23.7 Å². The van der Waals surface area contributed by atoms with Gasteiger partial charge in [-0.3, -0.25) is 4.79 Å². The van der Waals surface area contributed by atoms with E-state index in [-0.39, 0.29) is 44.4 Å². The van der Waals surface area contributed by atoms with Gasteiger partial charge >= 0.3 is 12.1 Å². The number of methoxy groups -OCH3 is 1. The van der Waals surface area contributed by atoms with Crippen molar-refractivity contribution in [2.75, 3.05) is 26.8 Å². The molecule has 33 heavy (non-hydrogen) atoms. The monoisotopic (exact) mass is 452 g/mol. The molecule has 2 aromatic rings. The van der Waals surface area contributed by atoms with Crippen LogP contribution in [0.25, 0.3) is 11.1 Å². The maximum absolute atomic E-state index is 12.8. The van der Waals surface area contributed by atoms with Crippen LogP contribution in [0.4, 0.5) is 4.79 Å². The highest BCUT2D eigenvalue weighted by Gasteiger charge is 2.43. The molecule has 8 heteroatoms. The summed E-state index contributed by atoms with van der Waals surface area (Å²) >= 11 is 0. The van der Waals surface area contributed by atoms with Crippen LogP contribution in [-0.4, -0.2) is 66.4 Å². The van der Waals surface area contributed by atoms with E-state index in [1.54, 1.807) is 11.8 Å². The number of likely N-dealkylation sites (tertiary alicyclic amines) is 1. The lowest BCUT2D eigenvalue weighted by atomic mass is 9.91. The number of piperidine rings is 1. The molecule has 2 aliphatic rings. The number of ether oxygens (including phenoxy) is 2. The van der Waals surface area contributed by atoms with Crippen LogP contribution >= 0.6 is 0 Å². The third-order valence-electron chi connectivity index (χ3n) is 6.71. The highest BCUT2D eigenvalue weighted by atomic mass is 16.5. The van der Waals surface area contributed by atoms with Gasteiger partial charge in [-0.25, -0.2) is 9.59 Å². The van der Waals surface area contributed by atoms with Crippen molar-refractivity contribution in [3.8, 4) is 11.1 Å². The van der Waals surface area contributed by atoms with Gasteiger partial charge in [-0.05, 0) is 29.2 Å². The van der Waals surface area contributed by atoms with Gasteiger partial charge in [0.15, 0.2) is 5.60 Å². The average molecular weight is 453 g/mol. The number of hydrogen-bond donors (Lipinski definition) is 2. The second kappa shape index (κ2) is 9.23. The van der Waals surface area contributed by atoms with Gasteiger partial charge in [0.05, 0.1) is 0 Å². The lowest BCUT2D eigenvalue weighted by Gasteiger charge is -2.38. The van der Waals surface area contributed by atoms with Crippen LogP contribution in [-0.2, 0) is 19.1 Å². The normalized spacial score (nSPS) is 17.6. The van der Waals surface area contributed by atoms with Crippen molar-refractivity contribution < 1.29 is 29.0 Å². The van der Waals surface area contributed by atoms with E-state index in [1.165, 1.54) is 7.11 Å². The topological polar surface area (TPSA) is 105 Å². The van der Waals surface area contributed by atoms with Crippen molar-refractivity contribution in [2.24, 2.45) is 0 Å². The molecule has 1 aliphatic heterocycles. The molecule has 0 aromatic heterocycles. The highest BCUT2D eigenvalue weighted by Crippen LogP contribution is 2.44. The van der Waals surface area contributed by atoms with Gasteiger partial charge in [0, 0.05) is 39.0 Å². The number of carbonyl (C=O) groups is 3. The largest absolute Gasteiger partial charge is 0.479 e. The number of carboxylic acid groups (broad SMARTS) is 1. The first-order valence-electron chi connectivity index (χ1n) is 11.0. The van der Waals surface area contributed by atoms with Crippen LogP contribution in [0.1, 0.15) is 36.8 Å². The number of carboxylic acids is 1. The summed E-state index contributed by atoms with van der Waals surface area (Å²) < 4.78 is 10.7. The SMILES string of the molecule is COC1(C(=O)O)CCN(C(=O)C(C)NC(=O)OCC2c3ccccc3-c3ccccc32)CC1. The molecule has 0 spiro atoms. The second-order valence-corrected chi connectivity index (χ2v) is 8.52. The van der Waals surface area contributed by atoms with E-state index in [0.29, 0.717) is 0 Å². The van der Waals surface area contributed by atoms with E-state index >= 15 is 0 Å². The first kappa shape index (κ1) is 22.8. The van der Waals surface area contributed by atoms with Gasteiger partial charge < -0.3 is 24.8 Å². The fourth-order valence-electron chi connectivity index (χ4n) is 4.75. The molecule has 2 amide bonds. The molecular formula is C25H28N2O6. The summed E-state index contributed by atoms with van der Waals surface area (Å²) in [6.45, 7) is 2.25. The molecule has 1 saturated heterocycles. The molecule has 0 radical (unpaired) electrons. The van der Waals surface area contributed by atoms with E-state index in [9.17, 15) is 19.5 Å². The van der Waals surface area contributed by atoms with E-state index in [4.69, 9.17) is 9.47 Å². The number of aliphatic carboxylic acids is 1. The lowest BCUT2D eigenvalue weighted by molar-refractivity contribution is -0.170. The number of benzene rings is 2. The molecule has 1 unspecified atom stereocenters. The summed E-state index contributed by atoms with van der Waals surface area (Å²) in [6.07, 6.45) is -0.267. The number of nitrogens with zero attached hydrogens (tertiary/aromatic N) is 1. The van der Waals surface area contributed by atoms with Crippen LogP contribution in [0.15, 0.2) is 48.5 Å². The Bertz CT molecular complexity index is 1010. The molecule has 1 fully saturated rings. The van der Waals surface area contributed by atoms with Crippen molar-refractivity contribution in [3.63, 3.8) is 0 Å². The average Bonchev–Trinajstić information content (AvgIpc) is 3.16. The molecular weight excluding hydrogens is 424 g/mol. The predicted octanol–water partition coefficient (Wildman–Crippen LogP) is 3.01. The summed E-state index contributed by atoms with van der Waals surface area (Å²) in [5.41, 5.74) is 3.25. The lowest BCUT2D eigenvalue weighted by Crippen LogP contribution is -2.55. The summed E-state index contributed by atoms with van der Waals surface area (Å²) in [4.78, 5) is 38.3. The molecule has 2 N–H and O–H groups in total. The summed E-state index contributed by atoms with van der Waals surface area (Å²) in [5, 5.41) is 12.0. The number of fused-ring (bicyclic) bond motifs is 3. The van der Waals surface area contributed by atoms with Gasteiger partial charge in [0.25, 0.3) is 0 Å². The van der Waals surface area contributed by atoms with Gasteiger partial charge in [-0.1, -0.05) is 48.5 Å². The highest BCUT2D eigenvalue weighted by molar-refractivity contribution is 5.86. The van der Waals surface area contributed by atoms with E-state index in [2.05, 4.69) is 17.4 Å². The Hall–Kier alpha value is -3.39. The first-order chi connectivity index (χ1) is 15.9. The second-order valence-electron chi connectivity index (χ2n) is 8.52. The van der Waals surface area contributed by atoms with Crippen LogP contribution in [0, 0.1) is 0 Å². The fraction of sp³-hybridized carbons (Fsp3) is 0.400. The van der Waals surface area contributed by atoms with Crippen LogP contribution in [0.2, 0.25) is 0 Å². The minimum absolute atomic E-state index is 0.0607. The molecule has 1 aliphatic carbocycles. The fourth-order valence-corrected chi connectivity index (χ4v) is 4.75. The maximum atomic E-state index is 12.8. The Balaban J connectivity index is 1.33. The summed E-state index contributed by atoms with van der Waals surface area (Å²) in [5.74, 6) is -1.37. The number of hydrogen-bond acceptors (Lipinski definition) is 5. The predicted molar refractivity (Wildman–Crippen MR) is 121 cm³/mol. The zero-order chi connectivity index (χ0) is 23.6. The zero-order valence-electron chi connectivity index (χ0n) is 18.7. The Labute approximate surface area is 192 Å².